The van der Waals surface area contributed by atoms with Gasteiger partial charge in [0.25, 0.3) is 5.69 Å². The number of carbonyl (C=O) groups excluding carboxylic acids is 1. The van der Waals surface area contributed by atoms with Crippen LogP contribution in [0, 0.1) is 10.1 Å². The van der Waals surface area contributed by atoms with Gasteiger partial charge in [0.1, 0.15) is 11.5 Å². The van der Waals surface area contributed by atoms with E-state index in [0.717, 1.165) is 5.56 Å². The molecular formula is C21H17N3O4. The Morgan fingerprint density at radius 2 is 1.71 bits per heavy atom. The standard InChI is InChI=1S/C21H17N3O4/c25-21(14-17-8-4-5-12-20(17)24(26)27)23-22-15-16-7-6-11-19(13-16)28-18-9-2-1-3-10-18/h1-13,15H,14H2,(H,23,25). The van der Waals surface area contributed by atoms with E-state index in [1.54, 1.807) is 24.3 Å². The number of hydrazone groups is 1. The third kappa shape index (κ3) is 5.25. The first-order chi connectivity index (χ1) is 13.6. The summed E-state index contributed by atoms with van der Waals surface area (Å²) in [4.78, 5) is 22.5. The van der Waals surface area contributed by atoms with Gasteiger partial charge in [-0.2, -0.15) is 5.10 Å². The summed E-state index contributed by atoms with van der Waals surface area (Å²) in [6.45, 7) is 0. The first kappa shape index (κ1) is 18.8. The third-order valence-corrected chi connectivity index (χ3v) is 3.78. The molecule has 1 N–H and O–H groups in total. The molecule has 28 heavy (non-hydrogen) atoms. The van der Waals surface area contributed by atoms with Crippen molar-refractivity contribution < 1.29 is 14.5 Å². The second-order valence-electron chi connectivity index (χ2n) is 5.84. The zero-order chi connectivity index (χ0) is 19.8. The minimum Gasteiger partial charge on any atom is -0.457 e. The molecule has 0 unspecified atom stereocenters. The van der Waals surface area contributed by atoms with Crippen molar-refractivity contribution in [3.05, 3.63) is 100 Å². The average molecular weight is 375 g/mol. The number of hydrogen-bond acceptors (Lipinski definition) is 5. The summed E-state index contributed by atoms with van der Waals surface area (Å²) in [7, 11) is 0. The molecule has 0 aliphatic rings. The van der Waals surface area contributed by atoms with Crippen LogP contribution in [-0.2, 0) is 11.2 Å². The van der Waals surface area contributed by atoms with Gasteiger partial charge in [0.05, 0.1) is 17.6 Å². The van der Waals surface area contributed by atoms with E-state index in [1.165, 1.54) is 12.3 Å². The summed E-state index contributed by atoms with van der Waals surface area (Å²) in [5, 5.41) is 14.9. The molecule has 0 bridgehead atoms. The summed E-state index contributed by atoms with van der Waals surface area (Å²) in [5.74, 6) is 0.915. The Bertz CT molecular complexity index is 1000. The van der Waals surface area contributed by atoms with Crippen LogP contribution in [0.15, 0.2) is 84.0 Å². The van der Waals surface area contributed by atoms with Gasteiger partial charge in [-0.1, -0.05) is 48.5 Å². The number of amides is 1. The summed E-state index contributed by atoms with van der Waals surface area (Å²) >= 11 is 0. The van der Waals surface area contributed by atoms with Crippen LogP contribution in [0.25, 0.3) is 0 Å². The van der Waals surface area contributed by atoms with Gasteiger partial charge in [-0.25, -0.2) is 5.43 Å². The van der Waals surface area contributed by atoms with Crippen molar-refractivity contribution in [1.29, 1.82) is 0 Å². The van der Waals surface area contributed by atoms with Crippen LogP contribution >= 0.6 is 0 Å². The van der Waals surface area contributed by atoms with Gasteiger partial charge in [0.2, 0.25) is 5.91 Å². The Kier molecular flexibility index (Phi) is 6.10. The van der Waals surface area contributed by atoms with Crippen molar-refractivity contribution in [2.24, 2.45) is 5.10 Å². The molecule has 0 heterocycles. The lowest BCUT2D eigenvalue weighted by Gasteiger charge is -2.05. The number of rotatable bonds is 7. The lowest BCUT2D eigenvalue weighted by Crippen LogP contribution is -2.20. The number of benzene rings is 3. The number of nitro benzene ring substituents is 1. The molecule has 0 atom stereocenters. The lowest BCUT2D eigenvalue weighted by molar-refractivity contribution is -0.385. The number of carbonyl (C=O) groups is 1. The second kappa shape index (κ2) is 9.09. The van der Waals surface area contributed by atoms with Gasteiger partial charge >= 0.3 is 0 Å². The Labute approximate surface area is 161 Å². The summed E-state index contributed by atoms with van der Waals surface area (Å²) in [5.41, 5.74) is 3.36. The molecule has 3 aromatic carbocycles. The van der Waals surface area contributed by atoms with Crippen molar-refractivity contribution in [2.75, 3.05) is 0 Å². The monoisotopic (exact) mass is 375 g/mol. The molecule has 0 saturated carbocycles. The summed E-state index contributed by atoms with van der Waals surface area (Å²) in [6, 6.07) is 22.7. The highest BCUT2D eigenvalue weighted by molar-refractivity contribution is 5.84. The Balaban J connectivity index is 1.59. The van der Waals surface area contributed by atoms with Gasteiger partial charge in [0, 0.05) is 11.6 Å². The maximum absolute atomic E-state index is 12.0. The first-order valence-corrected chi connectivity index (χ1v) is 8.49. The fraction of sp³-hybridized carbons (Fsp3) is 0.0476. The minimum atomic E-state index is -0.510. The van der Waals surface area contributed by atoms with E-state index >= 15 is 0 Å². The number of nitrogens with zero attached hydrogens (tertiary/aromatic N) is 2. The maximum Gasteiger partial charge on any atom is 0.273 e. The molecule has 3 aromatic rings. The van der Waals surface area contributed by atoms with Crippen LogP contribution in [-0.4, -0.2) is 17.0 Å². The van der Waals surface area contributed by atoms with Gasteiger partial charge in [0.15, 0.2) is 0 Å². The van der Waals surface area contributed by atoms with Crippen molar-refractivity contribution in [1.82, 2.24) is 5.43 Å². The molecule has 0 aromatic heterocycles. The maximum atomic E-state index is 12.0. The minimum absolute atomic E-state index is 0.0904. The predicted octanol–water partition coefficient (Wildman–Crippen LogP) is 4.08. The Morgan fingerprint density at radius 3 is 2.50 bits per heavy atom. The predicted molar refractivity (Wildman–Crippen MR) is 105 cm³/mol. The quantitative estimate of drug-likeness (QED) is 0.382. The number of para-hydroxylation sites is 2. The molecule has 0 saturated heterocycles. The van der Waals surface area contributed by atoms with Crippen LogP contribution in [0.3, 0.4) is 0 Å². The molecule has 1 amide bonds. The zero-order valence-electron chi connectivity index (χ0n) is 14.8. The molecule has 0 spiro atoms. The molecule has 0 radical (unpaired) electrons. The first-order valence-electron chi connectivity index (χ1n) is 8.49. The molecule has 0 fully saturated rings. The fourth-order valence-electron chi connectivity index (χ4n) is 2.51. The molecule has 0 aliphatic heterocycles. The molecule has 3 rings (SSSR count). The molecule has 140 valence electrons. The average Bonchev–Trinajstić information content (AvgIpc) is 2.69. The highest BCUT2D eigenvalue weighted by atomic mass is 16.6. The zero-order valence-corrected chi connectivity index (χ0v) is 14.8. The van der Waals surface area contributed by atoms with Crippen LogP contribution in [0.1, 0.15) is 11.1 Å². The van der Waals surface area contributed by atoms with E-state index in [2.05, 4.69) is 10.5 Å². The largest absolute Gasteiger partial charge is 0.457 e. The van der Waals surface area contributed by atoms with Gasteiger partial charge in [-0.15, -0.1) is 0 Å². The number of ether oxygens (including phenoxy) is 1. The van der Waals surface area contributed by atoms with E-state index in [9.17, 15) is 14.9 Å². The van der Waals surface area contributed by atoms with Gasteiger partial charge < -0.3 is 4.74 Å². The lowest BCUT2D eigenvalue weighted by atomic mass is 10.1. The van der Waals surface area contributed by atoms with Crippen LogP contribution in [0.5, 0.6) is 11.5 Å². The van der Waals surface area contributed by atoms with E-state index < -0.39 is 10.8 Å². The smallest absolute Gasteiger partial charge is 0.273 e. The SMILES string of the molecule is O=C(Cc1ccccc1[N+](=O)[O-])NN=Cc1cccc(Oc2ccccc2)c1. The van der Waals surface area contributed by atoms with Crippen LogP contribution in [0.4, 0.5) is 5.69 Å². The van der Waals surface area contributed by atoms with Gasteiger partial charge in [-0.05, 0) is 29.8 Å². The Hall–Kier alpha value is -4.00. The normalized spacial score (nSPS) is 10.6. The number of nitro groups is 1. The van der Waals surface area contributed by atoms with Crippen molar-refractivity contribution in [3.63, 3.8) is 0 Å². The Morgan fingerprint density at radius 1 is 1.00 bits per heavy atom. The highest BCUT2D eigenvalue weighted by Crippen LogP contribution is 2.21. The highest BCUT2D eigenvalue weighted by Gasteiger charge is 2.14. The number of nitrogens with one attached hydrogen (secondary N) is 1. The third-order valence-electron chi connectivity index (χ3n) is 3.78. The van der Waals surface area contributed by atoms with E-state index in [-0.39, 0.29) is 12.1 Å². The van der Waals surface area contributed by atoms with Crippen LogP contribution < -0.4 is 10.2 Å². The number of hydrogen-bond donors (Lipinski definition) is 1. The van der Waals surface area contributed by atoms with Crippen molar-refractivity contribution >= 4 is 17.8 Å². The molecule has 7 nitrogen and oxygen atoms in total. The van der Waals surface area contributed by atoms with Gasteiger partial charge in [-0.3, -0.25) is 14.9 Å². The topological polar surface area (TPSA) is 93.8 Å². The van der Waals surface area contributed by atoms with Crippen LogP contribution in [0.2, 0.25) is 0 Å². The van der Waals surface area contributed by atoms with E-state index in [0.29, 0.717) is 17.1 Å². The summed E-state index contributed by atoms with van der Waals surface area (Å²) < 4.78 is 5.75. The molecule has 0 aliphatic carbocycles. The van der Waals surface area contributed by atoms with E-state index in [4.69, 9.17) is 4.74 Å². The molecular weight excluding hydrogens is 358 g/mol. The molecule has 7 heteroatoms. The van der Waals surface area contributed by atoms with E-state index in [1.807, 2.05) is 48.5 Å². The second-order valence-corrected chi connectivity index (χ2v) is 5.84. The van der Waals surface area contributed by atoms with Crippen molar-refractivity contribution in [2.45, 2.75) is 6.42 Å². The summed E-state index contributed by atoms with van der Waals surface area (Å²) in [6.07, 6.45) is 1.35. The van der Waals surface area contributed by atoms with Crippen molar-refractivity contribution in [3.8, 4) is 11.5 Å². The fourth-order valence-corrected chi connectivity index (χ4v) is 2.51.